The first kappa shape index (κ1) is 15.1. The van der Waals surface area contributed by atoms with Crippen molar-refractivity contribution in [2.45, 2.75) is 5.92 Å². The molecule has 0 fully saturated rings. The van der Waals surface area contributed by atoms with E-state index >= 15 is 0 Å². The largest absolute Gasteiger partial charge is 0.396 e. The summed E-state index contributed by atoms with van der Waals surface area (Å²) in [5, 5.41) is 8.87. The first-order valence-corrected chi connectivity index (χ1v) is 3.59. The first-order valence-electron chi connectivity index (χ1n) is 3.59. The molecule has 13 heavy (non-hydrogen) atoms. The number of aliphatic hydroxyl groups excluding tert-OH is 1. The Hall–Kier alpha value is -0.350. The third kappa shape index (κ3) is 4.43. The van der Waals surface area contributed by atoms with E-state index in [1.807, 2.05) is 12.1 Å². The molecule has 0 amide bonds. The van der Waals surface area contributed by atoms with Crippen LogP contribution in [0.2, 0.25) is 0 Å². The molecule has 3 N–H and O–H groups in total. The number of nitrogens with two attached hydrogens (primary N) is 1. The molecule has 0 aliphatic carbocycles. The van der Waals surface area contributed by atoms with E-state index in [0.717, 1.165) is 5.56 Å². The van der Waals surface area contributed by atoms with Crippen molar-refractivity contribution in [1.29, 1.82) is 0 Å². The number of pyridine rings is 1. The molecule has 0 saturated heterocycles. The molecule has 1 aromatic heterocycles. The zero-order valence-corrected chi connectivity index (χ0v) is 8.72. The van der Waals surface area contributed by atoms with Gasteiger partial charge < -0.3 is 10.8 Å². The maximum absolute atomic E-state index is 8.87. The van der Waals surface area contributed by atoms with E-state index in [0.29, 0.717) is 6.54 Å². The molecule has 5 heteroatoms. The zero-order chi connectivity index (χ0) is 8.10. The van der Waals surface area contributed by atoms with Crippen LogP contribution in [0.3, 0.4) is 0 Å². The Balaban J connectivity index is 0. The van der Waals surface area contributed by atoms with Crippen LogP contribution in [0.5, 0.6) is 0 Å². The van der Waals surface area contributed by atoms with Crippen molar-refractivity contribution in [2.24, 2.45) is 5.73 Å². The van der Waals surface area contributed by atoms with Gasteiger partial charge in [-0.2, -0.15) is 0 Å². The van der Waals surface area contributed by atoms with Crippen molar-refractivity contribution in [3.8, 4) is 0 Å². The Bertz CT molecular complexity index is 205. The quantitative estimate of drug-likeness (QED) is 0.805. The summed E-state index contributed by atoms with van der Waals surface area (Å²) in [5.41, 5.74) is 6.43. The minimum absolute atomic E-state index is 0. The van der Waals surface area contributed by atoms with Crippen LogP contribution in [0.1, 0.15) is 11.5 Å². The molecule has 1 rings (SSSR count). The van der Waals surface area contributed by atoms with E-state index in [4.69, 9.17) is 10.8 Å². The van der Waals surface area contributed by atoms with Crippen LogP contribution < -0.4 is 5.73 Å². The summed E-state index contributed by atoms with van der Waals surface area (Å²) in [6.45, 7) is 0.546. The van der Waals surface area contributed by atoms with Crippen LogP contribution in [-0.2, 0) is 0 Å². The summed E-state index contributed by atoms with van der Waals surface area (Å²) in [5.74, 6) is 0.0312. The topological polar surface area (TPSA) is 59.1 Å². The molecule has 0 aliphatic rings. The number of halogens is 2. The van der Waals surface area contributed by atoms with Gasteiger partial charge in [0.25, 0.3) is 0 Å². The summed E-state index contributed by atoms with van der Waals surface area (Å²) in [7, 11) is 0. The van der Waals surface area contributed by atoms with Gasteiger partial charge in [-0.15, -0.1) is 24.8 Å². The monoisotopic (exact) mass is 224 g/mol. The van der Waals surface area contributed by atoms with Gasteiger partial charge in [0, 0.05) is 24.9 Å². The van der Waals surface area contributed by atoms with Gasteiger partial charge in [0.2, 0.25) is 0 Å². The fraction of sp³-hybridized carbons (Fsp3) is 0.375. The SMILES string of the molecule is Cl.Cl.NCC(CO)c1cccnc1. The molecule has 76 valence electrons. The van der Waals surface area contributed by atoms with Crippen LogP contribution in [0.25, 0.3) is 0 Å². The van der Waals surface area contributed by atoms with Crippen molar-refractivity contribution in [2.75, 3.05) is 13.2 Å². The predicted molar refractivity (Wildman–Crippen MR) is 57.6 cm³/mol. The van der Waals surface area contributed by atoms with Gasteiger partial charge in [-0.05, 0) is 11.6 Å². The molecule has 0 spiro atoms. The lowest BCUT2D eigenvalue weighted by molar-refractivity contribution is 0.267. The Morgan fingerprint density at radius 1 is 1.46 bits per heavy atom. The summed E-state index contributed by atoms with van der Waals surface area (Å²) >= 11 is 0. The van der Waals surface area contributed by atoms with Crippen LogP contribution in [0.15, 0.2) is 24.5 Å². The third-order valence-corrected chi connectivity index (χ3v) is 1.66. The van der Waals surface area contributed by atoms with E-state index in [2.05, 4.69) is 4.98 Å². The molecule has 1 atom stereocenters. The van der Waals surface area contributed by atoms with Gasteiger partial charge in [0.15, 0.2) is 0 Å². The van der Waals surface area contributed by atoms with Gasteiger partial charge in [-0.25, -0.2) is 0 Å². The molecule has 1 aromatic rings. The maximum atomic E-state index is 8.87. The van der Waals surface area contributed by atoms with Crippen LogP contribution in [-0.4, -0.2) is 23.2 Å². The summed E-state index contributed by atoms with van der Waals surface area (Å²) in [6, 6.07) is 3.76. The number of aliphatic hydroxyl groups is 1. The third-order valence-electron chi connectivity index (χ3n) is 1.66. The Morgan fingerprint density at radius 3 is 2.54 bits per heavy atom. The first-order chi connectivity index (χ1) is 5.38. The molecular weight excluding hydrogens is 211 g/mol. The number of hydrogen-bond donors (Lipinski definition) is 2. The molecule has 3 nitrogen and oxygen atoms in total. The lowest BCUT2D eigenvalue weighted by Gasteiger charge is -2.09. The minimum Gasteiger partial charge on any atom is -0.396 e. The number of nitrogens with zero attached hydrogens (tertiary/aromatic N) is 1. The minimum atomic E-state index is 0. The van der Waals surface area contributed by atoms with Crippen LogP contribution >= 0.6 is 24.8 Å². The molecule has 0 aliphatic heterocycles. The highest BCUT2D eigenvalue weighted by molar-refractivity contribution is 5.85. The van der Waals surface area contributed by atoms with Crippen LogP contribution in [0, 0.1) is 0 Å². The number of hydrogen-bond acceptors (Lipinski definition) is 3. The van der Waals surface area contributed by atoms with Gasteiger partial charge in [-0.3, -0.25) is 4.98 Å². The average Bonchev–Trinajstić information content (AvgIpc) is 2.09. The maximum Gasteiger partial charge on any atom is 0.0512 e. The van der Waals surface area contributed by atoms with Gasteiger partial charge in [-0.1, -0.05) is 6.07 Å². The fourth-order valence-corrected chi connectivity index (χ4v) is 0.933. The zero-order valence-electron chi connectivity index (χ0n) is 7.09. The van der Waals surface area contributed by atoms with Crippen LogP contribution in [0.4, 0.5) is 0 Å². The molecule has 0 aromatic carbocycles. The second kappa shape index (κ2) is 8.26. The van der Waals surface area contributed by atoms with E-state index in [1.165, 1.54) is 0 Å². The summed E-state index contributed by atoms with van der Waals surface area (Å²) in [4.78, 5) is 3.93. The standard InChI is InChI=1S/C8H12N2O.2ClH/c9-4-8(6-11)7-2-1-3-10-5-7;;/h1-3,5,8,11H,4,6,9H2;2*1H. The number of aromatic nitrogens is 1. The Labute approximate surface area is 90.2 Å². The molecule has 1 unspecified atom stereocenters. The Kier molecular flexibility index (Phi) is 9.61. The highest BCUT2D eigenvalue weighted by atomic mass is 35.5. The van der Waals surface area contributed by atoms with Crippen molar-refractivity contribution in [1.82, 2.24) is 4.98 Å². The van der Waals surface area contributed by atoms with Crippen molar-refractivity contribution in [3.63, 3.8) is 0 Å². The van der Waals surface area contributed by atoms with E-state index in [-0.39, 0.29) is 37.3 Å². The average molecular weight is 225 g/mol. The molecule has 0 radical (unpaired) electrons. The lowest BCUT2D eigenvalue weighted by Crippen LogP contribution is -2.15. The normalized spacial score (nSPS) is 10.9. The molecule has 0 saturated carbocycles. The molecule has 1 heterocycles. The molecular formula is C8H14Cl2N2O. The predicted octanol–water partition coefficient (Wildman–Crippen LogP) is 0.960. The van der Waals surface area contributed by atoms with E-state index < -0.39 is 0 Å². The highest BCUT2D eigenvalue weighted by Crippen LogP contribution is 2.10. The van der Waals surface area contributed by atoms with Gasteiger partial charge >= 0.3 is 0 Å². The van der Waals surface area contributed by atoms with E-state index in [1.54, 1.807) is 12.4 Å². The number of rotatable bonds is 3. The lowest BCUT2D eigenvalue weighted by atomic mass is 10.0. The highest BCUT2D eigenvalue weighted by Gasteiger charge is 2.06. The fourth-order valence-electron chi connectivity index (χ4n) is 0.933. The van der Waals surface area contributed by atoms with Gasteiger partial charge in [0.1, 0.15) is 0 Å². The molecule has 0 bridgehead atoms. The van der Waals surface area contributed by atoms with Crippen molar-refractivity contribution < 1.29 is 5.11 Å². The second-order valence-electron chi connectivity index (χ2n) is 2.40. The van der Waals surface area contributed by atoms with Crippen molar-refractivity contribution >= 4 is 24.8 Å². The summed E-state index contributed by atoms with van der Waals surface area (Å²) in [6.07, 6.45) is 3.43. The summed E-state index contributed by atoms with van der Waals surface area (Å²) < 4.78 is 0. The van der Waals surface area contributed by atoms with Gasteiger partial charge in [0.05, 0.1) is 6.61 Å². The van der Waals surface area contributed by atoms with E-state index in [9.17, 15) is 0 Å². The Morgan fingerprint density at radius 2 is 2.15 bits per heavy atom. The smallest absolute Gasteiger partial charge is 0.0512 e. The van der Waals surface area contributed by atoms with Crippen molar-refractivity contribution in [3.05, 3.63) is 30.1 Å². The second-order valence-corrected chi connectivity index (χ2v) is 2.40.